The molecule has 3 amide bonds. The van der Waals surface area contributed by atoms with E-state index >= 15 is 0 Å². The molecule has 2 saturated heterocycles. The predicted molar refractivity (Wildman–Crippen MR) is 132 cm³/mol. The molecular formula is C26H43N3O6. The summed E-state index contributed by atoms with van der Waals surface area (Å²) in [6.45, 7) is 13.5. The first-order chi connectivity index (χ1) is 16.5. The van der Waals surface area contributed by atoms with Gasteiger partial charge >= 0.3 is 12.1 Å². The minimum Gasteiger partial charge on any atom is -0.464 e. The standard InChI is InChI=1S/C26H43N3O6/c1-6-9-21(24(32)34-7-2)27-23(31)20-10-8-15-29(18-20)22(30)12-11-19-13-16-28(17-14-19)25(33)35-26(3,4)5/h6,19-21H,1,7-18H2,2-5H3,(H,27,31)/t20-,21+/m1/s1. The fraction of sp³-hybridized carbons (Fsp3) is 0.769. The zero-order chi connectivity index (χ0) is 26.0. The van der Waals surface area contributed by atoms with Gasteiger partial charge in [-0.25, -0.2) is 9.59 Å². The zero-order valence-electron chi connectivity index (χ0n) is 21.8. The Kier molecular flexibility index (Phi) is 11.0. The van der Waals surface area contributed by atoms with Crippen LogP contribution in [-0.2, 0) is 23.9 Å². The largest absolute Gasteiger partial charge is 0.464 e. The third kappa shape index (κ3) is 9.53. The Bertz CT molecular complexity index is 755. The summed E-state index contributed by atoms with van der Waals surface area (Å²) in [6.07, 6.45) is 5.97. The van der Waals surface area contributed by atoms with E-state index in [9.17, 15) is 19.2 Å². The summed E-state index contributed by atoms with van der Waals surface area (Å²) in [5.74, 6) is -0.582. The highest BCUT2D eigenvalue weighted by molar-refractivity contribution is 5.86. The van der Waals surface area contributed by atoms with Crippen LogP contribution < -0.4 is 5.32 Å². The molecule has 198 valence electrons. The van der Waals surface area contributed by atoms with Crippen LogP contribution in [0.25, 0.3) is 0 Å². The van der Waals surface area contributed by atoms with E-state index in [0.717, 1.165) is 25.7 Å². The maximum Gasteiger partial charge on any atom is 0.410 e. The molecule has 9 heteroatoms. The number of carbonyl (C=O) groups is 4. The maximum absolute atomic E-state index is 12.9. The van der Waals surface area contributed by atoms with Crippen LogP contribution in [-0.4, -0.2) is 78.1 Å². The molecule has 0 bridgehead atoms. The molecule has 0 radical (unpaired) electrons. The van der Waals surface area contributed by atoms with Crippen LogP contribution in [0.1, 0.15) is 72.6 Å². The lowest BCUT2D eigenvalue weighted by Crippen LogP contribution is -2.49. The molecule has 0 saturated carbocycles. The van der Waals surface area contributed by atoms with Gasteiger partial charge in [-0.15, -0.1) is 6.58 Å². The van der Waals surface area contributed by atoms with Crippen molar-refractivity contribution in [1.29, 1.82) is 0 Å². The first-order valence-corrected chi connectivity index (χ1v) is 12.9. The lowest BCUT2D eigenvalue weighted by Gasteiger charge is -2.35. The monoisotopic (exact) mass is 493 g/mol. The van der Waals surface area contributed by atoms with Gasteiger partial charge in [0.05, 0.1) is 12.5 Å². The number of nitrogens with one attached hydrogen (secondary N) is 1. The van der Waals surface area contributed by atoms with Crippen molar-refractivity contribution < 1.29 is 28.7 Å². The van der Waals surface area contributed by atoms with Gasteiger partial charge in [-0.1, -0.05) is 6.08 Å². The minimum atomic E-state index is -0.752. The first-order valence-electron chi connectivity index (χ1n) is 12.9. The Hall–Kier alpha value is -2.58. The molecule has 2 aliphatic rings. The summed E-state index contributed by atoms with van der Waals surface area (Å²) in [7, 11) is 0. The number of carbonyl (C=O) groups excluding carboxylic acids is 4. The number of ether oxygens (including phenoxy) is 2. The number of amides is 3. The molecule has 0 aliphatic carbocycles. The van der Waals surface area contributed by atoms with Crippen LogP contribution in [0.4, 0.5) is 4.79 Å². The number of likely N-dealkylation sites (tertiary alicyclic amines) is 2. The van der Waals surface area contributed by atoms with E-state index < -0.39 is 17.6 Å². The average Bonchev–Trinajstić information content (AvgIpc) is 2.81. The van der Waals surface area contributed by atoms with E-state index in [1.807, 2.05) is 20.8 Å². The average molecular weight is 494 g/mol. The second kappa shape index (κ2) is 13.5. The van der Waals surface area contributed by atoms with Crippen LogP contribution in [0.15, 0.2) is 12.7 Å². The second-order valence-electron chi connectivity index (χ2n) is 10.5. The normalized spacial score (nSPS) is 20.1. The summed E-state index contributed by atoms with van der Waals surface area (Å²) in [5, 5.41) is 2.78. The van der Waals surface area contributed by atoms with Gasteiger partial charge in [0.25, 0.3) is 0 Å². The van der Waals surface area contributed by atoms with Gasteiger partial charge in [0.15, 0.2) is 0 Å². The Balaban J connectivity index is 1.78. The van der Waals surface area contributed by atoms with Crippen molar-refractivity contribution in [2.45, 2.75) is 84.3 Å². The molecule has 0 aromatic heterocycles. The second-order valence-corrected chi connectivity index (χ2v) is 10.5. The van der Waals surface area contributed by atoms with Crippen LogP contribution in [0.2, 0.25) is 0 Å². The highest BCUT2D eigenvalue weighted by atomic mass is 16.6. The number of esters is 1. The molecule has 0 unspecified atom stereocenters. The van der Waals surface area contributed by atoms with Gasteiger partial charge in [0, 0.05) is 32.6 Å². The molecule has 2 heterocycles. The lowest BCUT2D eigenvalue weighted by atomic mass is 9.91. The van der Waals surface area contributed by atoms with Gasteiger partial charge in [0.1, 0.15) is 11.6 Å². The van der Waals surface area contributed by atoms with Gasteiger partial charge in [-0.05, 0) is 72.1 Å². The molecule has 2 rings (SSSR count). The molecule has 0 spiro atoms. The molecule has 2 aliphatic heterocycles. The number of rotatable bonds is 9. The fourth-order valence-corrected chi connectivity index (χ4v) is 4.55. The van der Waals surface area contributed by atoms with Crippen LogP contribution >= 0.6 is 0 Å². The summed E-state index contributed by atoms with van der Waals surface area (Å²) in [4.78, 5) is 53.5. The third-order valence-corrected chi connectivity index (χ3v) is 6.47. The summed E-state index contributed by atoms with van der Waals surface area (Å²) in [6, 6.07) is -0.752. The highest BCUT2D eigenvalue weighted by Crippen LogP contribution is 2.25. The molecule has 2 atom stereocenters. The van der Waals surface area contributed by atoms with E-state index in [2.05, 4.69) is 11.9 Å². The van der Waals surface area contributed by atoms with Gasteiger partial charge < -0.3 is 24.6 Å². The Morgan fingerprint density at radius 1 is 1.09 bits per heavy atom. The van der Waals surface area contributed by atoms with Crippen molar-refractivity contribution in [3.63, 3.8) is 0 Å². The molecule has 2 fully saturated rings. The molecule has 35 heavy (non-hydrogen) atoms. The topological polar surface area (TPSA) is 105 Å². The molecule has 0 aromatic carbocycles. The third-order valence-electron chi connectivity index (χ3n) is 6.47. The van der Waals surface area contributed by atoms with Crippen LogP contribution in [0.5, 0.6) is 0 Å². The summed E-state index contributed by atoms with van der Waals surface area (Å²) >= 11 is 0. The number of nitrogens with zero attached hydrogens (tertiary/aromatic N) is 2. The van der Waals surface area contributed by atoms with E-state index in [0.29, 0.717) is 51.4 Å². The Morgan fingerprint density at radius 2 is 1.77 bits per heavy atom. The van der Waals surface area contributed by atoms with E-state index in [1.54, 1.807) is 22.8 Å². The van der Waals surface area contributed by atoms with Crippen molar-refractivity contribution in [2.24, 2.45) is 11.8 Å². The maximum atomic E-state index is 12.9. The fourth-order valence-electron chi connectivity index (χ4n) is 4.55. The molecule has 1 N–H and O–H groups in total. The van der Waals surface area contributed by atoms with Crippen molar-refractivity contribution in [3.05, 3.63) is 12.7 Å². The van der Waals surface area contributed by atoms with Crippen molar-refractivity contribution in [3.8, 4) is 0 Å². The number of hydrogen-bond acceptors (Lipinski definition) is 6. The quantitative estimate of drug-likeness (QED) is 0.390. The molecular weight excluding hydrogens is 450 g/mol. The first kappa shape index (κ1) is 28.7. The number of piperidine rings is 2. The van der Waals surface area contributed by atoms with E-state index in [4.69, 9.17) is 9.47 Å². The Morgan fingerprint density at radius 3 is 2.37 bits per heavy atom. The van der Waals surface area contributed by atoms with Gasteiger partial charge in [-0.3, -0.25) is 9.59 Å². The molecule has 0 aromatic rings. The zero-order valence-corrected chi connectivity index (χ0v) is 21.8. The minimum absolute atomic E-state index is 0.0603. The Labute approximate surface area is 209 Å². The summed E-state index contributed by atoms with van der Waals surface area (Å²) in [5.41, 5.74) is -0.505. The SMILES string of the molecule is C=CC[C@H](NC(=O)[C@@H]1CCCN(C(=O)CCC2CCN(C(=O)OC(C)(C)C)CC2)C1)C(=O)OCC. The predicted octanol–water partition coefficient (Wildman–Crippen LogP) is 3.28. The smallest absolute Gasteiger partial charge is 0.410 e. The van der Waals surface area contributed by atoms with E-state index in [1.165, 1.54) is 0 Å². The van der Waals surface area contributed by atoms with Gasteiger partial charge in [-0.2, -0.15) is 0 Å². The summed E-state index contributed by atoms with van der Waals surface area (Å²) < 4.78 is 10.5. The van der Waals surface area contributed by atoms with E-state index in [-0.39, 0.29) is 30.4 Å². The lowest BCUT2D eigenvalue weighted by molar-refractivity contribution is -0.148. The van der Waals surface area contributed by atoms with Crippen molar-refractivity contribution in [1.82, 2.24) is 15.1 Å². The van der Waals surface area contributed by atoms with Crippen molar-refractivity contribution in [2.75, 3.05) is 32.8 Å². The van der Waals surface area contributed by atoms with Crippen molar-refractivity contribution >= 4 is 23.9 Å². The molecule has 9 nitrogen and oxygen atoms in total. The van der Waals surface area contributed by atoms with Gasteiger partial charge in [0.2, 0.25) is 11.8 Å². The van der Waals surface area contributed by atoms with Crippen LogP contribution in [0, 0.1) is 11.8 Å². The highest BCUT2D eigenvalue weighted by Gasteiger charge is 2.32. The van der Waals surface area contributed by atoms with Crippen LogP contribution in [0.3, 0.4) is 0 Å². The number of hydrogen-bond donors (Lipinski definition) is 1.